The summed E-state index contributed by atoms with van der Waals surface area (Å²) in [6, 6.07) is 43.7. The topological polar surface area (TPSA) is 141 Å². The normalized spacial score (nSPS) is 12.5. The molecule has 0 spiro atoms. The fourth-order valence-electron chi connectivity index (χ4n) is 6.40. The Morgan fingerprint density at radius 1 is 0.811 bits per heavy atom. The van der Waals surface area contributed by atoms with Gasteiger partial charge in [-0.3, -0.25) is 9.59 Å². The molecule has 0 heterocycles. The minimum atomic E-state index is -0.793. The van der Waals surface area contributed by atoms with E-state index < -0.39 is 12.1 Å². The van der Waals surface area contributed by atoms with E-state index in [-0.39, 0.29) is 30.9 Å². The number of para-hydroxylation sites is 1. The van der Waals surface area contributed by atoms with Crippen molar-refractivity contribution < 1.29 is 19.4 Å². The van der Waals surface area contributed by atoms with E-state index in [1.165, 1.54) is 0 Å². The second-order valence-corrected chi connectivity index (χ2v) is 13.1. The molecular formula is C44H47N5O4. The molecule has 0 aliphatic heterocycles. The van der Waals surface area contributed by atoms with Gasteiger partial charge in [-0.05, 0) is 96.5 Å². The SMILES string of the molecule is COc1ccc(C(c2ccccc2)N(CCCCC(NC(=O)CC(N)Cc2ccc(C#N)cc2)C(=O)Nc2ccc(CO)cc2)c2ccccc2)cc1. The van der Waals surface area contributed by atoms with Gasteiger partial charge in [0.2, 0.25) is 11.8 Å². The van der Waals surface area contributed by atoms with Crippen LogP contribution in [0.15, 0.2) is 133 Å². The summed E-state index contributed by atoms with van der Waals surface area (Å²) >= 11 is 0. The number of methoxy groups -OCH3 is 1. The van der Waals surface area contributed by atoms with Gasteiger partial charge in [0.05, 0.1) is 31.4 Å². The van der Waals surface area contributed by atoms with Crippen LogP contribution in [0.1, 0.15) is 59.5 Å². The molecule has 272 valence electrons. The van der Waals surface area contributed by atoms with Crippen molar-refractivity contribution in [3.8, 4) is 11.8 Å². The number of nitrogens with zero attached hydrogens (tertiary/aromatic N) is 2. The van der Waals surface area contributed by atoms with E-state index >= 15 is 0 Å². The lowest BCUT2D eigenvalue weighted by molar-refractivity contribution is -0.126. The summed E-state index contributed by atoms with van der Waals surface area (Å²) in [5.74, 6) is 0.158. The fourth-order valence-corrected chi connectivity index (χ4v) is 6.40. The molecule has 5 aromatic carbocycles. The van der Waals surface area contributed by atoms with Crippen molar-refractivity contribution in [2.24, 2.45) is 5.73 Å². The van der Waals surface area contributed by atoms with Crippen LogP contribution in [0.5, 0.6) is 5.75 Å². The quantitative estimate of drug-likeness (QED) is 0.0725. The van der Waals surface area contributed by atoms with E-state index in [4.69, 9.17) is 15.7 Å². The van der Waals surface area contributed by atoms with Gasteiger partial charge in [0.25, 0.3) is 0 Å². The number of carbonyl (C=O) groups is 2. The smallest absolute Gasteiger partial charge is 0.246 e. The van der Waals surface area contributed by atoms with Crippen LogP contribution in [0.4, 0.5) is 11.4 Å². The van der Waals surface area contributed by atoms with Crippen molar-refractivity contribution in [2.45, 2.75) is 56.8 Å². The van der Waals surface area contributed by atoms with Crippen LogP contribution in [0, 0.1) is 11.3 Å². The Bertz CT molecular complexity index is 1910. The number of anilines is 2. The zero-order chi connectivity index (χ0) is 37.4. The first-order chi connectivity index (χ1) is 25.9. The van der Waals surface area contributed by atoms with E-state index in [0.29, 0.717) is 37.1 Å². The van der Waals surface area contributed by atoms with Crippen molar-refractivity contribution in [3.05, 3.63) is 161 Å². The highest BCUT2D eigenvalue weighted by molar-refractivity contribution is 5.97. The van der Waals surface area contributed by atoms with E-state index in [1.807, 2.05) is 48.5 Å². The molecule has 0 saturated heterocycles. The number of benzene rings is 5. The largest absolute Gasteiger partial charge is 0.497 e. The molecule has 0 aliphatic rings. The summed E-state index contributed by atoms with van der Waals surface area (Å²) in [4.78, 5) is 29.4. The third-order valence-corrected chi connectivity index (χ3v) is 9.17. The van der Waals surface area contributed by atoms with Crippen LogP contribution in [0.25, 0.3) is 0 Å². The first-order valence-corrected chi connectivity index (χ1v) is 17.9. The minimum absolute atomic E-state index is 0.0391. The average molecular weight is 710 g/mol. The standard InChI is InChI=1S/C44H47N5O4/c1-53-40-25-21-36(22-26-40)43(35-10-4-2-5-11-35)49(39-12-6-3-7-13-39)27-9-8-14-41(44(52)47-38-23-19-34(31-50)20-24-38)48-42(51)29-37(46)28-32-15-17-33(30-45)18-16-32/h2-7,10-13,15-26,37,41,43,50H,8-9,14,27-29,31,46H2,1H3,(H,47,52)(H,48,51). The highest BCUT2D eigenvalue weighted by atomic mass is 16.5. The first-order valence-electron chi connectivity index (χ1n) is 17.9. The molecule has 3 unspecified atom stereocenters. The minimum Gasteiger partial charge on any atom is -0.497 e. The molecule has 0 bridgehead atoms. The Hall–Kier alpha value is -5.95. The Morgan fingerprint density at radius 2 is 1.43 bits per heavy atom. The maximum atomic E-state index is 13.7. The summed E-state index contributed by atoms with van der Waals surface area (Å²) in [6.45, 7) is 0.592. The lowest BCUT2D eigenvalue weighted by atomic mass is 9.95. The highest BCUT2D eigenvalue weighted by Gasteiger charge is 2.25. The summed E-state index contributed by atoms with van der Waals surface area (Å²) in [7, 11) is 1.66. The predicted octanol–water partition coefficient (Wildman–Crippen LogP) is 6.91. The van der Waals surface area contributed by atoms with Gasteiger partial charge in [0.15, 0.2) is 0 Å². The summed E-state index contributed by atoms with van der Waals surface area (Å²) < 4.78 is 5.45. The molecule has 0 radical (unpaired) electrons. The first kappa shape index (κ1) is 38.3. The molecule has 0 aliphatic carbocycles. The second-order valence-electron chi connectivity index (χ2n) is 13.1. The zero-order valence-electron chi connectivity index (χ0n) is 30.0. The molecule has 2 amide bonds. The molecule has 5 aromatic rings. The fraction of sp³-hybridized carbons (Fsp3) is 0.250. The molecular weight excluding hydrogens is 663 g/mol. The summed E-state index contributed by atoms with van der Waals surface area (Å²) in [6.07, 6.45) is 2.32. The number of nitriles is 1. The van der Waals surface area contributed by atoms with Gasteiger partial charge in [-0.2, -0.15) is 5.26 Å². The predicted molar refractivity (Wildman–Crippen MR) is 209 cm³/mol. The van der Waals surface area contributed by atoms with Crippen molar-refractivity contribution >= 4 is 23.2 Å². The van der Waals surface area contributed by atoms with E-state index in [9.17, 15) is 14.7 Å². The van der Waals surface area contributed by atoms with Gasteiger partial charge in [0.1, 0.15) is 11.8 Å². The summed E-state index contributed by atoms with van der Waals surface area (Å²) in [5, 5.41) is 24.4. The van der Waals surface area contributed by atoms with Crippen molar-refractivity contribution in [2.75, 3.05) is 23.9 Å². The molecule has 0 aromatic heterocycles. The number of amides is 2. The highest BCUT2D eigenvalue weighted by Crippen LogP contribution is 2.34. The molecule has 53 heavy (non-hydrogen) atoms. The van der Waals surface area contributed by atoms with Crippen LogP contribution in [-0.4, -0.2) is 42.7 Å². The molecule has 9 nitrogen and oxygen atoms in total. The number of aliphatic hydroxyl groups is 1. The Balaban J connectivity index is 1.30. The molecule has 0 fully saturated rings. The van der Waals surface area contributed by atoms with E-state index in [1.54, 1.807) is 43.5 Å². The zero-order valence-corrected chi connectivity index (χ0v) is 30.0. The van der Waals surface area contributed by atoms with Gasteiger partial charge < -0.3 is 31.1 Å². The lowest BCUT2D eigenvalue weighted by Crippen LogP contribution is -2.45. The van der Waals surface area contributed by atoms with E-state index in [2.05, 4.69) is 70.1 Å². The molecule has 0 saturated carbocycles. The average Bonchev–Trinajstić information content (AvgIpc) is 3.19. The van der Waals surface area contributed by atoms with Gasteiger partial charge >= 0.3 is 0 Å². The summed E-state index contributed by atoms with van der Waals surface area (Å²) in [5.41, 5.74) is 12.5. The van der Waals surface area contributed by atoms with Gasteiger partial charge in [-0.15, -0.1) is 0 Å². The van der Waals surface area contributed by atoms with Crippen LogP contribution in [0.2, 0.25) is 0 Å². The van der Waals surface area contributed by atoms with Crippen molar-refractivity contribution in [1.82, 2.24) is 5.32 Å². The third kappa shape index (κ3) is 11.3. The molecule has 9 heteroatoms. The van der Waals surface area contributed by atoms with Crippen molar-refractivity contribution in [1.29, 1.82) is 5.26 Å². The number of hydrogen-bond acceptors (Lipinski definition) is 7. The monoisotopic (exact) mass is 709 g/mol. The molecule has 5 N–H and O–H groups in total. The van der Waals surface area contributed by atoms with Crippen LogP contribution >= 0.6 is 0 Å². The van der Waals surface area contributed by atoms with Gasteiger partial charge in [0, 0.05) is 30.4 Å². The van der Waals surface area contributed by atoms with Crippen LogP contribution in [0.3, 0.4) is 0 Å². The number of ether oxygens (including phenoxy) is 1. The maximum Gasteiger partial charge on any atom is 0.246 e. The number of nitrogens with one attached hydrogen (secondary N) is 2. The van der Waals surface area contributed by atoms with Crippen molar-refractivity contribution in [3.63, 3.8) is 0 Å². The number of aliphatic hydroxyl groups excluding tert-OH is 1. The van der Waals surface area contributed by atoms with Crippen LogP contribution < -0.4 is 26.0 Å². The Kier molecular flexibility index (Phi) is 14.2. The Morgan fingerprint density at radius 3 is 2.06 bits per heavy atom. The maximum absolute atomic E-state index is 13.7. The number of hydrogen-bond donors (Lipinski definition) is 4. The number of rotatable bonds is 18. The third-order valence-electron chi connectivity index (χ3n) is 9.17. The van der Waals surface area contributed by atoms with Gasteiger partial charge in [-0.25, -0.2) is 0 Å². The molecule has 3 atom stereocenters. The number of carbonyl (C=O) groups excluding carboxylic acids is 2. The van der Waals surface area contributed by atoms with Gasteiger partial charge in [-0.1, -0.05) is 84.9 Å². The number of nitrogens with two attached hydrogens (primary N) is 1. The molecule has 5 rings (SSSR count). The Labute approximate surface area is 312 Å². The number of unbranched alkanes of at least 4 members (excludes halogenated alkanes) is 1. The lowest BCUT2D eigenvalue weighted by Gasteiger charge is -2.35. The second kappa shape index (κ2) is 19.6. The van der Waals surface area contributed by atoms with Crippen LogP contribution in [-0.2, 0) is 22.6 Å². The van der Waals surface area contributed by atoms with E-state index in [0.717, 1.165) is 40.1 Å².